The minimum Gasteiger partial charge on any atom is -0.390 e. The summed E-state index contributed by atoms with van der Waals surface area (Å²) >= 11 is 0. The molecule has 0 aliphatic heterocycles. The van der Waals surface area contributed by atoms with Gasteiger partial charge < -0.3 is 9.84 Å². The zero-order valence-electron chi connectivity index (χ0n) is 18.0. The monoisotopic (exact) mass is 386 g/mol. The molecule has 28 heavy (non-hydrogen) atoms. The van der Waals surface area contributed by atoms with E-state index in [9.17, 15) is 9.90 Å². The second-order valence-corrected chi connectivity index (χ2v) is 11.3. The first kappa shape index (κ1) is 19.3. The van der Waals surface area contributed by atoms with Gasteiger partial charge in [0, 0.05) is 11.8 Å². The van der Waals surface area contributed by atoms with E-state index >= 15 is 0 Å². The van der Waals surface area contributed by atoms with Gasteiger partial charge in [0.15, 0.2) is 5.78 Å². The summed E-state index contributed by atoms with van der Waals surface area (Å²) < 4.78 is 6.71. The first-order chi connectivity index (χ1) is 13.3. The molecule has 0 amide bonds. The van der Waals surface area contributed by atoms with Crippen LogP contribution in [0.4, 0.5) is 0 Å². The standard InChI is InChI=1S/C25H38O3/c1-23-12-10-21-19(20(23)11-13-24(23,2)27)9-8-16-14-17(26)15-22(25(16,21)3)28-18-6-4-5-7-18/h14,18-22,27H,4-13,15H2,1-3H3/t19-,20-,21-,22?,23-,24-,25-/m0/s1. The highest BCUT2D eigenvalue weighted by Crippen LogP contribution is 2.67. The Labute approximate surface area is 170 Å². The van der Waals surface area contributed by atoms with Gasteiger partial charge in [0.1, 0.15) is 0 Å². The Kier molecular flexibility index (Phi) is 4.42. The minimum absolute atomic E-state index is 0.00912. The third-order valence-electron chi connectivity index (χ3n) is 10.3. The topological polar surface area (TPSA) is 46.5 Å². The van der Waals surface area contributed by atoms with Crippen molar-refractivity contribution in [2.75, 3.05) is 0 Å². The summed E-state index contributed by atoms with van der Waals surface area (Å²) in [6.07, 6.45) is 14.5. The molecule has 0 heterocycles. The molecule has 7 atom stereocenters. The maximum Gasteiger partial charge on any atom is 0.158 e. The van der Waals surface area contributed by atoms with Gasteiger partial charge in [-0.25, -0.2) is 0 Å². The van der Waals surface area contributed by atoms with Gasteiger partial charge in [0.25, 0.3) is 0 Å². The highest BCUT2D eigenvalue weighted by atomic mass is 16.5. The maximum absolute atomic E-state index is 12.5. The summed E-state index contributed by atoms with van der Waals surface area (Å²) in [5.41, 5.74) is 0.913. The number of carbonyl (C=O) groups is 1. The Bertz CT molecular complexity index is 688. The largest absolute Gasteiger partial charge is 0.390 e. The third kappa shape index (κ3) is 2.57. The molecule has 0 radical (unpaired) electrons. The second-order valence-electron chi connectivity index (χ2n) is 11.3. The lowest BCUT2D eigenvalue weighted by atomic mass is 9.46. The van der Waals surface area contributed by atoms with Crippen LogP contribution in [-0.4, -0.2) is 28.7 Å². The molecule has 3 heteroatoms. The Hall–Kier alpha value is -0.670. The van der Waals surface area contributed by atoms with E-state index in [0.717, 1.165) is 38.5 Å². The van der Waals surface area contributed by atoms with Crippen molar-refractivity contribution in [1.29, 1.82) is 0 Å². The van der Waals surface area contributed by atoms with Gasteiger partial charge in [0.2, 0.25) is 0 Å². The molecule has 0 saturated heterocycles. The van der Waals surface area contributed by atoms with Crippen molar-refractivity contribution in [1.82, 2.24) is 0 Å². The van der Waals surface area contributed by atoms with Gasteiger partial charge in [-0.05, 0) is 87.5 Å². The number of hydrogen-bond acceptors (Lipinski definition) is 3. The molecule has 0 spiro atoms. The van der Waals surface area contributed by atoms with Crippen LogP contribution in [0, 0.1) is 28.6 Å². The Morgan fingerprint density at radius 3 is 2.46 bits per heavy atom. The zero-order valence-corrected chi connectivity index (χ0v) is 18.0. The van der Waals surface area contributed by atoms with Crippen LogP contribution in [0.2, 0.25) is 0 Å². The molecular weight excluding hydrogens is 348 g/mol. The second kappa shape index (κ2) is 6.41. The summed E-state index contributed by atoms with van der Waals surface area (Å²) in [5, 5.41) is 11.1. The molecule has 4 saturated carbocycles. The van der Waals surface area contributed by atoms with E-state index in [1.54, 1.807) is 0 Å². The lowest BCUT2D eigenvalue weighted by Gasteiger charge is -2.60. The fourth-order valence-electron chi connectivity index (χ4n) is 8.28. The lowest BCUT2D eigenvalue weighted by molar-refractivity contribution is -0.158. The Morgan fingerprint density at radius 1 is 1.00 bits per heavy atom. The van der Waals surface area contributed by atoms with Crippen molar-refractivity contribution in [2.24, 2.45) is 28.6 Å². The highest BCUT2D eigenvalue weighted by molar-refractivity contribution is 5.92. The summed E-state index contributed by atoms with van der Waals surface area (Å²) in [6.45, 7) is 6.86. The Morgan fingerprint density at radius 2 is 1.71 bits per heavy atom. The zero-order chi connectivity index (χ0) is 19.7. The predicted octanol–water partition coefficient (Wildman–Crippen LogP) is 5.21. The normalized spacial score (nSPS) is 51.4. The van der Waals surface area contributed by atoms with Crippen molar-refractivity contribution in [3.8, 4) is 0 Å². The highest BCUT2D eigenvalue weighted by Gasteiger charge is 2.64. The Balaban J connectivity index is 1.48. The van der Waals surface area contributed by atoms with Crippen molar-refractivity contribution >= 4 is 5.78 Å². The van der Waals surface area contributed by atoms with Crippen LogP contribution in [0.1, 0.15) is 91.4 Å². The molecule has 1 N–H and O–H groups in total. The number of ketones is 1. The molecule has 5 aliphatic rings. The molecule has 0 bridgehead atoms. The molecule has 0 aromatic carbocycles. The van der Waals surface area contributed by atoms with Crippen molar-refractivity contribution in [2.45, 2.75) is 109 Å². The summed E-state index contributed by atoms with van der Waals surface area (Å²) in [5.74, 6) is 2.15. The fraction of sp³-hybridized carbons (Fsp3) is 0.880. The summed E-state index contributed by atoms with van der Waals surface area (Å²) in [7, 11) is 0. The molecule has 5 rings (SSSR count). The molecule has 0 aromatic heterocycles. The number of hydrogen-bond donors (Lipinski definition) is 1. The third-order valence-corrected chi connectivity index (χ3v) is 10.3. The average molecular weight is 387 g/mol. The minimum atomic E-state index is -0.526. The van der Waals surface area contributed by atoms with Crippen LogP contribution in [-0.2, 0) is 9.53 Å². The van der Waals surface area contributed by atoms with Gasteiger partial charge in [-0.2, -0.15) is 0 Å². The maximum atomic E-state index is 12.5. The first-order valence-electron chi connectivity index (χ1n) is 11.9. The fourth-order valence-corrected chi connectivity index (χ4v) is 8.28. The van der Waals surface area contributed by atoms with Gasteiger partial charge >= 0.3 is 0 Å². The van der Waals surface area contributed by atoms with Crippen molar-refractivity contribution < 1.29 is 14.6 Å². The van der Waals surface area contributed by atoms with E-state index in [1.165, 1.54) is 31.3 Å². The van der Waals surface area contributed by atoms with E-state index < -0.39 is 5.60 Å². The van der Waals surface area contributed by atoms with E-state index in [-0.39, 0.29) is 22.7 Å². The number of fused-ring (bicyclic) bond motifs is 5. The van der Waals surface area contributed by atoms with E-state index in [4.69, 9.17) is 4.74 Å². The van der Waals surface area contributed by atoms with Crippen LogP contribution in [0.15, 0.2) is 11.6 Å². The van der Waals surface area contributed by atoms with E-state index in [2.05, 4.69) is 20.8 Å². The van der Waals surface area contributed by atoms with Crippen molar-refractivity contribution in [3.05, 3.63) is 11.6 Å². The van der Waals surface area contributed by atoms with Gasteiger partial charge in [-0.15, -0.1) is 0 Å². The van der Waals surface area contributed by atoms with Crippen LogP contribution < -0.4 is 0 Å². The smallest absolute Gasteiger partial charge is 0.158 e. The molecule has 0 aromatic rings. The SMILES string of the molecule is C[C@]1(O)CC[C@H]2[C@@H]3CCC4=CC(=O)CC(OC5CCCC5)[C@]4(C)[C@H]3CC[C@@]21C. The van der Waals surface area contributed by atoms with Crippen LogP contribution in [0.5, 0.6) is 0 Å². The number of rotatable bonds is 2. The summed E-state index contributed by atoms with van der Waals surface area (Å²) in [6, 6.07) is 0. The average Bonchev–Trinajstić information content (AvgIpc) is 3.22. The predicted molar refractivity (Wildman–Crippen MR) is 110 cm³/mol. The lowest BCUT2D eigenvalue weighted by Crippen LogP contribution is -2.57. The number of ether oxygens (including phenoxy) is 1. The first-order valence-corrected chi connectivity index (χ1v) is 11.9. The number of aliphatic hydroxyl groups is 1. The molecule has 156 valence electrons. The quantitative estimate of drug-likeness (QED) is 0.709. The van der Waals surface area contributed by atoms with Gasteiger partial charge in [-0.3, -0.25) is 4.79 Å². The van der Waals surface area contributed by atoms with Crippen LogP contribution in [0.25, 0.3) is 0 Å². The van der Waals surface area contributed by atoms with E-state index in [0.29, 0.717) is 30.3 Å². The van der Waals surface area contributed by atoms with Crippen LogP contribution >= 0.6 is 0 Å². The number of carbonyl (C=O) groups excluding carboxylic acids is 1. The summed E-state index contributed by atoms with van der Waals surface area (Å²) in [4.78, 5) is 12.5. The molecule has 5 aliphatic carbocycles. The molecular formula is C25H38O3. The van der Waals surface area contributed by atoms with Crippen molar-refractivity contribution in [3.63, 3.8) is 0 Å². The molecule has 1 unspecified atom stereocenters. The molecule has 3 nitrogen and oxygen atoms in total. The van der Waals surface area contributed by atoms with Gasteiger partial charge in [0.05, 0.1) is 17.8 Å². The van der Waals surface area contributed by atoms with Crippen LogP contribution in [0.3, 0.4) is 0 Å². The molecule has 4 fully saturated rings. The van der Waals surface area contributed by atoms with E-state index in [1.807, 2.05) is 6.08 Å². The van der Waals surface area contributed by atoms with Gasteiger partial charge in [-0.1, -0.05) is 32.3 Å².